The Kier molecular flexibility index (Phi) is 5.90. The van der Waals surface area contributed by atoms with E-state index in [2.05, 4.69) is 22.9 Å². The van der Waals surface area contributed by atoms with Crippen molar-refractivity contribution in [2.75, 3.05) is 18.3 Å². The first kappa shape index (κ1) is 13.8. The van der Waals surface area contributed by atoms with Gasteiger partial charge in [0, 0.05) is 12.4 Å². The van der Waals surface area contributed by atoms with Crippen molar-refractivity contribution in [3.8, 4) is 0 Å². The third-order valence-electron chi connectivity index (χ3n) is 2.97. The number of alkyl halides is 2. The summed E-state index contributed by atoms with van der Waals surface area (Å²) in [5, 5.41) is 0.785. The van der Waals surface area contributed by atoms with Gasteiger partial charge < -0.3 is 9.47 Å². The minimum atomic E-state index is -0.230. The summed E-state index contributed by atoms with van der Waals surface area (Å²) in [6.07, 6.45) is 5.13. The van der Waals surface area contributed by atoms with Crippen LogP contribution in [0.2, 0.25) is 0 Å². The van der Waals surface area contributed by atoms with Crippen molar-refractivity contribution in [2.45, 2.75) is 50.4 Å². The van der Waals surface area contributed by atoms with Crippen molar-refractivity contribution in [3.63, 3.8) is 0 Å². The van der Waals surface area contributed by atoms with Gasteiger partial charge in [-0.05, 0) is 32.6 Å². The molecule has 0 spiro atoms. The molecule has 0 aromatic heterocycles. The molecule has 15 heavy (non-hydrogen) atoms. The van der Waals surface area contributed by atoms with E-state index >= 15 is 0 Å². The van der Waals surface area contributed by atoms with Crippen LogP contribution in [0.25, 0.3) is 0 Å². The first-order valence-electron chi connectivity index (χ1n) is 5.46. The van der Waals surface area contributed by atoms with Gasteiger partial charge in [0.2, 0.25) is 0 Å². The lowest BCUT2D eigenvalue weighted by molar-refractivity contribution is -0.0843. The second-order valence-electron chi connectivity index (χ2n) is 4.47. The van der Waals surface area contributed by atoms with Gasteiger partial charge in [0.1, 0.15) is 0 Å². The summed E-state index contributed by atoms with van der Waals surface area (Å²) in [4.78, 5) is 0. The van der Waals surface area contributed by atoms with E-state index in [1.807, 2.05) is 0 Å². The van der Waals surface area contributed by atoms with Crippen molar-refractivity contribution >= 4 is 27.5 Å². The Balaban J connectivity index is 2.34. The molecular weight excluding hydrogens is 279 g/mol. The van der Waals surface area contributed by atoms with E-state index in [4.69, 9.17) is 21.1 Å². The van der Waals surface area contributed by atoms with Gasteiger partial charge in [-0.3, -0.25) is 0 Å². The molecule has 2 nitrogen and oxygen atoms in total. The van der Waals surface area contributed by atoms with Gasteiger partial charge in [-0.15, -0.1) is 11.6 Å². The fourth-order valence-corrected chi connectivity index (χ4v) is 2.60. The third kappa shape index (κ3) is 4.22. The van der Waals surface area contributed by atoms with E-state index in [-0.39, 0.29) is 5.60 Å². The quantitative estimate of drug-likeness (QED) is 0.725. The number of hydrogen-bond donors (Lipinski definition) is 0. The summed E-state index contributed by atoms with van der Waals surface area (Å²) in [6.45, 7) is 2.05. The molecule has 1 saturated carbocycles. The molecule has 1 aliphatic carbocycles. The number of ether oxygens (including phenoxy) is 2. The largest absolute Gasteiger partial charge is 0.381 e. The molecule has 0 amide bonds. The standard InChI is InChI=1S/C11H20BrClO2/c1-11(7-12,8-13)15-10-5-3-9(14-2)4-6-10/h9-10H,3-8H2,1-2H3. The fraction of sp³-hybridized carbons (Fsp3) is 1.00. The Morgan fingerprint density at radius 2 is 1.80 bits per heavy atom. The summed E-state index contributed by atoms with van der Waals surface area (Å²) >= 11 is 9.35. The minimum Gasteiger partial charge on any atom is -0.381 e. The van der Waals surface area contributed by atoms with Crippen molar-refractivity contribution in [2.24, 2.45) is 0 Å². The number of hydrogen-bond acceptors (Lipinski definition) is 2. The van der Waals surface area contributed by atoms with Gasteiger partial charge in [0.05, 0.1) is 23.7 Å². The molecule has 0 bridgehead atoms. The maximum absolute atomic E-state index is 6.04. The highest BCUT2D eigenvalue weighted by Crippen LogP contribution is 2.28. The molecule has 4 heteroatoms. The van der Waals surface area contributed by atoms with Crippen LogP contribution in [-0.4, -0.2) is 36.1 Å². The van der Waals surface area contributed by atoms with Crippen molar-refractivity contribution in [3.05, 3.63) is 0 Å². The van der Waals surface area contributed by atoms with Crippen molar-refractivity contribution < 1.29 is 9.47 Å². The Morgan fingerprint density at radius 1 is 1.27 bits per heavy atom. The molecule has 0 N–H and O–H groups in total. The predicted octanol–water partition coefficient (Wildman–Crippen LogP) is 3.35. The highest BCUT2D eigenvalue weighted by Gasteiger charge is 2.29. The van der Waals surface area contributed by atoms with Gasteiger partial charge in [0.25, 0.3) is 0 Å². The summed E-state index contributed by atoms with van der Waals surface area (Å²) in [5.74, 6) is 0.530. The predicted molar refractivity (Wildman–Crippen MR) is 67.1 cm³/mol. The molecule has 0 heterocycles. The second kappa shape index (κ2) is 6.43. The summed E-state index contributed by atoms with van der Waals surface area (Å²) < 4.78 is 11.4. The van der Waals surface area contributed by atoms with Crippen LogP contribution >= 0.6 is 27.5 Å². The van der Waals surface area contributed by atoms with Gasteiger partial charge in [-0.1, -0.05) is 15.9 Å². The van der Waals surface area contributed by atoms with Gasteiger partial charge in [-0.2, -0.15) is 0 Å². The first-order valence-corrected chi connectivity index (χ1v) is 7.11. The van der Waals surface area contributed by atoms with Crippen molar-refractivity contribution in [1.29, 1.82) is 0 Å². The van der Waals surface area contributed by atoms with Crippen LogP contribution in [0.3, 0.4) is 0 Å². The molecular formula is C11H20BrClO2. The SMILES string of the molecule is COC1CCC(OC(C)(CCl)CBr)CC1. The summed E-state index contributed by atoms with van der Waals surface area (Å²) in [5.41, 5.74) is -0.230. The number of rotatable bonds is 5. The Hall–Kier alpha value is 0.690. The maximum Gasteiger partial charge on any atom is 0.0889 e. The molecule has 1 rings (SSSR count). The third-order valence-corrected chi connectivity index (χ3v) is 4.72. The average Bonchev–Trinajstić information content (AvgIpc) is 2.30. The average molecular weight is 300 g/mol. The molecule has 1 unspecified atom stereocenters. The summed E-state index contributed by atoms with van der Waals surface area (Å²) in [6, 6.07) is 0. The smallest absolute Gasteiger partial charge is 0.0889 e. The lowest BCUT2D eigenvalue weighted by atomic mass is 9.94. The van der Waals surface area contributed by atoms with E-state index < -0.39 is 0 Å². The Bertz CT molecular complexity index is 177. The van der Waals surface area contributed by atoms with Crippen LogP contribution < -0.4 is 0 Å². The number of halogens is 2. The number of methoxy groups -OCH3 is 1. The molecule has 0 aliphatic heterocycles. The van der Waals surface area contributed by atoms with Gasteiger partial charge in [-0.25, -0.2) is 0 Å². The topological polar surface area (TPSA) is 18.5 Å². The monoisotopic (exact) mass is 298 g/mol. The Morgan fingerprint density at radius 3 is 2.20 bits per heavy atom. The first-order chi connectivity index (χ1) is 7.13. The van der Waals surface area contributed by atoms with E-state index in [9.17, 15) is 0 Å². The van der Waals surface area contributed by atoms with E-state index in [0.29, 0.717) is 18.1 Å². The molecule has 0 aromatic carbocycles. The van der Waals surface area contributed by atoms with Crippen molar-refractivity contribution in [1.82, 2.24) is 0 Å². The van der Waals surface area contributed by atoms with Crippen LogP contribution in [0.5, 0.6) is 0 Å². The highest BCUT2D eigenvalue weighted by atomic mass is 79.9. The van der Waals surface area contributed by atoms with E-state index in [1.165, 1.54) is 0 Å². The molecule has 1 fully saturated rings. The van der Waals surface area contributed by atoms with Gasteiger partial charge in [0.15, 0.2) is 0 Å². The van der Waals surface area contributed by atoms with Crippen LogP contribution in [0.1, 0.15) is 32.6 Å². The molecule has 1 atom stereocenters. The molecule has 0 saturated heterocycles. The Labute approximate surface area is 106 Å². The summed E-state index contributed by atoms with van der Waals surface area (Å²) in [7, 11) is 1.78. The molecule has 1 aliphatic rings. The molecule has 90 valence electrons. The van der Waals surface area contributed by atoms with E-state index in [1.54, 1.807) is 7.11 Å². The van der Waals surface area contributed by atoms with Crippen LogP contribution in [0.4, 0.5) is 0 Å². The minimum absolute atomic E-state index is 0.230. The normalized spacial score (nSPS) is 31.2. The van der Waals surface area contributed by atoms with Crippen LogP contribution in [0.15, 0.2) is 0 Å². The zero-order valence-corrected chi connectivity index (χ0v) is 11.8. The van der Waals surface area contributed by atoms with Crippen LogP contribution in [0, 0.1) is 0 Å². The van der Waals surface area contributed by atoms with Gasteiger partial charge >= 0.3 is 0 Å². The highest BCUT2D eigenvalue weighted by molar-refractivity contribution is 9.09. The fourth-order valence-electron chi connectivity index (χ4n) is 1.89. The van der Waals surface area contributed by atoms with E-state index in [0.717, 1.165) is 31.0 Å². The lowest BCUT2D eigenvalue weighted by Gasteiger charge is -2.35. The zero-order chi connectivity index (χ0) is 11.3. The molecule has 0 radical (unpaired) electrons. The molecule has 0 aromatic rings. The second-order valence-corrected chi connectivity index (χ2v) is 5.30. The maximum atomic E-state index is 6.04. The zero-order valence-electron chi connectivity index (χ0n) is 9.47. The lowest BCUT2D eigenvalue weighted by Crippen LogP contribution is -2.39. The van der Waals surface area contributed by atoms with Crippen LogP contribution in [-0.2, 0) is 9.47 Å².